The molecule has 5 heteroatoms. The van der Waals surface area contributed by atoms with Crippen molar-refractivity contribution in [1.29, 1.82) is 0 Å². The minimum atomic E-state index is -3.39. The van der Waals surface area contributed by atoms with E-state index in [9.17, 15) is 4.57 Å². The zero-order valence-corrected chi connectivity index (χ0v) is 25.5. The Morgan fingerprint density at radius 2 is 0.600 bits per heavy atom. The fourth-order valence-electron chi connectivity index (χ4n) is 4.62. The molecule has 0 rings (SSSR count). The van der Waals surface area contributed by atoms with Crippen molar-refractivity contribution < 1.29 is 13.6 Å². The number of rotatable bonds is 30. The summed E-state index contributed by atoms with van der Waals surface area (Å²) >= 11 is 5.95. The van der Waals surface area contributed by atoms with Gasteiger partial charge in [0.15, 0.2) is 0 Å². The first-order valence-corrected chi connectivity index (χ1v) is 18.2. The van der Waals surface area contributed by atoms with Crippen LogP contribution in [0, 0.1) is 0 Å². The van der Waals surface area contributed by atoms with Gasteiger partial charge in [-0.25, -0.2) is 4.57 Å². The van der Waals surface area contributed by atoms with Gasteiger partial charge in [-0.15, -0.1) is 0 Å². The van der Waals surface area contributed by atoms with Gasteiger partial charge in [-0.3, -0.25) is 9.05 Å². The van der Waals surface area contributed by atoms with Crippen LogP contribution < -0.4 is 0 Å². The van der Waals surface area contributed by atoms with Crippen LogP contribution in [0.15, 0.2) is 0 Å². The molecule has 35 heavy (non-hydrogen) atoms. The minimum absolute atomic E-state index is 0.442. The highest BCUT2D eigenvalue weighted by atomic mass is 35.7. The Morgan fingerprint density at radius 3 is 0.829 bits per heavy atom. The molecule has 0 aliphatic rings. The van der Waals surface area contributed by atoms with Gasteiger partial charge in [0.2, 0.25) is 0 Å². The Balaban J connectivity index is 3.28. The Hall–Kier alpha value is 0.440. The van der Waals surface area contributed by atoms with E-state index >= 15 is 0 Å². The summed E-state index contributed by atoms with van der Waals surface area (Å²) in [6.45, 7) is 2.04. The molecule has 0 fully saturated rings. The van der Waals surface area contributed by atoms with Crippen LogP contribution in [0.1, 0.15) is 181 Å². The van der Waals surface area contributed by atoms with Gasteiger partial charge in [-0.05, 0) is 12.8 Å². The third-order valence-electron chi connectivity index (χ3n) is 6.99. The van der Waals surface area contributed by atoms with Crippen LogP contribution in [0.25, 0.3) is 0 Å². The molecule has 0 saturated heterocycles. The number of unbranched alkanes of at least 4 members (excludes halogenated alkanes) is 24. The Labute approximate surface area is 225 Å². The highest BCUT2D eigenvalue weighted by Gasteiger charge is 2.19. The van der Waals surface area contributed by atoms with E-state index in [0.717, 1.165) is 25.7 Å². The monoisotopic (exact) mass is 536 g/mol. The third kappa shape index (κ3) is 30.6. The lowest BCUT2D eigenvalue weighted by atomic mass is 10.0. The molecule has 0 aromatic heterocycles. The van der Waals surface area contributed by atoms with Crippen molar-refractivity contribution in [1.82, 2.24) is 0 Å². The van der Waals surface area contributed by atoms with Crippen LogP contribution in [0.3, 0.4) is 0 Å². The molecule has 3 nitrogen and oxygen atoms in total. The first kappa shape index (κ1) is 35.4. The molecule has 0 aromatic rings. The Kier molecular flexibility index (Phi) is 29.4. The maximum Gasteiger partial charge on any atom is 0.424 e. The molecule has 0 amide bonds. The van der Waals surface area contributed by atoms with E-state index in [1.54, 1.807) is 0 Å². The molecule has 0 N–H and O–H groups in total. The lowest BCUT2D eigenvalue weighted by molar-refractivity contribution is 0.211. The Bertz CT molecular complexity index is 411. The SMILES string of the molecule is CCCCCCCCCCCCCCCOP(=O)(Cl)OCCCCCCCCCCCCCCC. The highest BCUT2D eigenvalue weighted by molar-refractivity contribution is 7.81. The molecule has 0 aliphatic heterocycles. The van der Waals surface area contributed by atoms with Gasteiger partial charge in [-0.2, -0.15) is 0 Å². The smallest absolute Gasteiger partial charge is 0.297 e. The maximum absolute atomic E-state index is 12.2. The van der Waals surface area contributed by atoms with Gasteiger partial charge in [0.1, 0.15) is 0 Å². The Morgan fingerprint density at radius 1 is 0.400 bits per heavy atom. The summed E-state index contributed by atoms with van der Waals surface area (Å²) in [7, 11) is 0. The number of hydrogen-bond acceptors (Lipinski definition) is 3. The van der Waals surface area contributed by atoms with Crippen LogP contribution >= 0.6 is 18.2 Å². The fraction of sp³-hybridized carbons (Fsp3) is 1.00. The zero-order chi connectivity index (χ0) is 25.7. The average Bonchev–Trinajstić information content (AvgIpc) is 2.84. The predicted molar refractivity (Wildman–Crippen MR) is 157 cm³/mol. The summed E-state index contributed by atoms with van der Waals surface area (Å²) < 4.78 is 22.9. The first-order valence-electron chi connectivity index (χ1n) is 15.7. The largest absolute Gasteiger partial charge is 0.424 e. The molecular formula is C30H62ClO3P. The molecule has 0 heterocycles. The van der Waals surface area contributed by atoms with Crippen molar-refractivity contribution in [3.05, 3.63) is 0 Å². The summed E-state index contributed by atoms with van der Waals surface area (Å²) in [4.78, 5) is 0. The van der Waals surface area contributed by atoms with E-state index in [0.29, 0.717) is 13.2 Å². The lowest BCUT2D eigenvalue weighted by Gasteiger charge is -2.11. The molecule has 212 valence electrons. The van der Waals surface area contributed by atoms with Gasteiger partial charge in [0.05, 0.1) is 13.2 Å². The molecule has 0 aliphatic carbocycles. The van der Waals surface area contributed by atoms with Crippen LogP contribution in [-0.2, 0) is 13.6 Å². The van der Waals surface area contributed by atoms with E-state index in [1.165, 1.54) is 141 Å². The maximum atomic E-state index is 12.2. The van der Waals surface area contributed by atoms with Gasteiger partial charge in [-0.1, -0.05) is 168 Å². The van der Waals surface area contributed by atoms with Crippen molar-refractivity contribution in [3.8, 4) is 0 Å². The van der Waals surface area contributed by atoms with Crippen molar-refractivity contribution in [2.24, 2.45) is 0 Å². The van der Waals surface area contributed by atoms with Crippen LogP contribution in [0.4, 0.5) is 0 Å². The molecular weight excluding hydrogens is 475 g/mol. The second-order valence-corrected chi connectivity index (χ2v) is 13.2. The average molecular weight is 537 g/mol. The molecule has 0 atom stereocenters. The second kappa shape index (κ2) is 29.0. The summed E-state index contributed by atoms with van der Waals surface area (Å²) in [6.07, 6.45) is 34.1. The number of halogens is 1. The molecule has 0 unspecified atom stereocenters. The zero-order valence-electron chi connectivity index (χ0n) is 23.8. The predicted octanol–water partition coefficient (Wildman–Crippen LogP) is 12.5. The fourth-order valence-corrected chi connectivity index (χ4v) is 5.81. The second-order valence-electron chi connectivity index (χ2n) is 10.6. The van der Waals surface area contributed by atoms with E-state index in [4.69, 9.17) is 20.3 Å². The van der Waals surface area contributed by atoms with E-state index in [1.807, 2.05) is 0 Å². The van der Waals surface area contributed by atoms with E-state index < -0.39 is 6.95 Å². The number of hydrogen-bond donors (Lipinski definition) is 0. The van der Waals surface area contributed by atoms with Gasteiger partial charge < -0.3 is 0 Å². The van der Waals surface area contributed by atoms with Gasteiger partial charge >= 0.3 is 6.95 Å². The summed E-state index contributed by atoms with van der Waals surface area (Å²) in [5.74, 6) is 0. The topological polar surface area (TPSA) is 35.5 Å². The highest BCUT2D eigenvalue weighted by Crippen LogP contribution is 2.53. The van der Waals surface area contributed by atoms with Crippen LogP contribution in [-0.4, -0.2) is 13.2 Å². The first-order chi connectivity index (χ1) is 17.1. The molecule has 0 aromatic carbocycles. The van der Waals surface area contributed by atoms with Gasteiger partial charge in [0.25, 0.3) is 0 Å². The van der Waals surface area contributed by atoms with Crippen LogP contribution in [0.2, 0.25) is 0 Å². The van der Waals surface area contributed by atoms with E-state index in [2.05, 4.69) is 13.8 Å². The van der Waals surface area contributed by atoms with Crippen LogP contribution in [0.5, 0.6) is 0 Å². The van der Waals surface area contributed by atoms with Crippen molar-refractivity contribution >= 4 is 18.2 Å². The van der Waals surface area contributed by atoms with Crippen molar-refractivity contribution in [2.75, 3.05) is 13.2 Å². The molecule has 0 spiro atoms. The van der Waals surface area contributed by atoms with Gasteiger partial charge in [0, 0.05) is 11.2 Å². The summed E-state index contributed by atoms with van der Waals surface area (Å²) in [6, 6.07) is 0. The van der Waals surface area contributed by atoms with E-state index in [-0.39, 0.29) is 0 Å². The summed E-state index contributed by atoms with van der Waals surface area (Å²) in [5.41, 5.74) is 0. The lowest BCUT2D eigenvalue weighted by Crippen LogP contribution is -1.96. The molecule has 0 saturated carbocycles. The molecule has 0 radical (unpaired) electrons. The quantitative estimate of drug-likeness (QED) is 0.0676. The van der Waals surface area contributed by atoms with Crippen molar-refractivity contribution in [3.63, 3.8) is 0 Å². The third-order valence-corrected chi connectivity index (χ3v) is 8.55. The molecule has 0 bridgehead atoms. The normalized spacial score (nSPS) is 12.0. The minimum Gasteiger partial charge on any atom is -0.297 e. The van der Waals surface area contributed by atoms with Crippen molar-refractivity contribution in [2.45, 2.75) is 181 Å². The standard InChI is InChI=1S/C30H62ClO3P/c1-3-5-7-9-11-13-15-17-19-21-23-25-27-29-33-35(31,32)34-30-28-26-24-22-20-18-16-14-12-10-8-6-4-2/h3-30H2,1-2H3. The summed E-state index contributed by atoms with van der Waals surface area (Å²) in [5, 5.41) is 0.